The summed E-state index contributed by atoms with van der Waals surface area (Å²) in [5, 5.41) is 10.2. The molecule has 1 aromatic carbocycles. The summed E-state index contributed by atoms with van der Waals surface area (Å²) in [4.78, 5) is 11.4. The van der Waals surface area contributed by atoms with Crippen LogP contribution in [0.1, 0.15) is 62.6 Å². The first-order chi connectivity index (χ1) is 15.3. The molecule has 4 heterocycles. The molecule has 2 atom stereocenters. The largest absolute Gasteiger partial charge is 0.274 e. The molecule has 1 aliphatic carbocycles. The van der Waals surface area contributed by atoms with Crippen LogP contribution in [-0.4, -0.2) is 30.7 Å². The fraction of sp³-hybridized carbons (Fsp3) is 0.417. The molecule has 3 aromatic rings. The predicted molar refractivity (Wildman–Crippen MR) is 127 cm³/mol. The maximum absolute atomic E-state index is 5.25. The molecular formula is C24H25N5S2. The number of hydrogen-bond acceptors (Lipinski definition) is 6. The minimum Gasteiger partial charge on any atom is -0.274 e. The summed E-state index contributed by atoms with van der Waals surface area (Å²) >= 11 is 3.56. The second-order valence-electron chi connectivity index (χ2n) is 8.43. The van der Waals surface area contributed by atoms with Crippen molar-refractivity contribution < 1.29 is 0 Å². The Hall–Kier alpha value is -2.12. The van der Waals surface area contributed by atoms with Crippen LogP contribution in [0.5, 0.6) is 0 Å². The molecule has 0 unspecified atom stereocenters. The molecule has 0 bridgehead atoms. The van der Waals surface area contributed by atoms with Gasteiger partial charge in [-0.25, -0.2) is 4.98 Å². The molecule has 3 aliphatic rings. The summed E-state index contributed by atoms with van der Waals surface area (Å²) < 4.78 is 2.06. The number of fused-ring (bicyclic) bond motifs is 6. The van der Waals surface area contributed by atoms with E-state index in [0.29, 0.717) is 5.92 Å². The van der Waals surface area contributed by atoms with Crippen molar-refractivity contribution in [2.24, 2.45) is 4.99 Å². The van der Waals surface area contributed by atoms with Crippen LogP contribution in [0.15, 0.2) is 62.8 Å². The molecule has 2 aliphatic heterocycles. The quantitative estimate of drug-likeness (QED) is 0.430. The molecule has 5 nitrogen and oxygen atoms in total. The second kappa shape index (κ2) is 8.10. The minimum absolute atomic E-state index is 0.217. The van der Waals surface area contributed by atoms with Crippen molar-refractivity contribution in [1.82, 2.24) is 19.6 Å². The van der Waals surface area contributed by atoms with Gasteiger partial charge in [-0.1, -0.05) is 72.8 Å². The highest BCUT2D eigenvalue weighted by Crippen LogP contribution is 2.55. The molecule has 0 fully saturated rings. The third-order valence-electron chi connectivity index (χ3n) is 6.48. The van der Waals surface area contributed by atoms with Crippen molar-refractivity contribution in [3.63, 3.8) is 0 Å². The number of aliphatic imine (C=N–C) groups is 1. The van der Waals surface area contributed by atoms with Crippen molar-refractivity contribution >= 4 is 34.9 Å². The van der Waals surface area contributed by atoms with Gasteiger partial charge in [0.15, 0.2) is 10.8 Å². The minimum atomic E-state index is 0.217. The number of hydrogen-bond donors (Lipinski definition) is 0. The van der Waals surface area contributed by atoms with Gasteiger partial charge in [-0.05, 0) is 43.2 Å². The molecule has 158 valence electrons. The molecule has 0 saturated carbocycles. The summed E-state index contributed by atoms with van der Waals surface area (Å²) in [6, 6.07) is 10.5. The zero-order valence-corrected chi connectivity index (χ0v) is 19.3. The highest BCUT2D eigenvalue weighted by Gasteiger charge is 2.44. The first-order valence-electron chi connectivity index (χ1n) is 11.2. The average Bonchev–Trinajstić information content (AvgIpc) is 3.52. The first kappa shape index (κ1) is 19.6. The van der Waals surface area contributed by atoms with Crippen LogP contribution >= 0.6 is 23.5 Å². The van der Waals surface area contributed by atoms with Crippen LogP contribution in [0.3, 0.4) is 0 Å². The van der Waals surface area contributed by atoms with Gasteiger partial charge in [0.25, 0.3) is 0 Å². The maximum Gasteiger partial charge on any atom is 0.197 e. The lowest BCUT2D eigenvalue weighted by Crippen LogP contribution is -2.21. The highest BCUT2D eigenvalue weighted by atomic mass is 32.2. The average molecular weight is 448 g/mol. The van der Waals surface area contributed by atoms with Gasteiger partial charge >= 0.3 is 0 Å². The number of rotatable bonds is 6. The lowest BCUT2D eigenvalue weighted by atomic mass is 9.87. The number of allylic oxidation sites excluding steroid dienone is 1. The topological polar surface area (TPSA) is 55.4 Å². The molecule has 0 N–H and O–H groups in total. The summed E-state index contributed by atoms with van der Waals surface area (Å²) in [5.74, 6) is 1.20. The van der Waals surface area contributed by atoms with Crippen molar-refractivity contribution in [3.05, 3.63) is 59.1 Å². The molecule has 0 spiro atoms. The Kier molecular flexibility index (Phi) is 5.11. The molecular weight excluding hydrogens is 422 g/mol. The summed E-state index contributed by atoms with van der Waals surface area (Å²) in [6.45, 7) is 2.26. The number of nitrogens with zero attached hydrogens (tertiary/aromatic N) is 5. The van der Waals surface area contributed by atoms with E-state index in [9.17, 15) is 0 Å². The molecule has 0 amide bonds. The van der Waals surface area contributed by atoms with Gasteiger partial charge in [0.2, 0.25) is 0 Å². The Morgan fingerprint density at radius 1 is 1.16 bits per heavy atom. The Morgan fingerprint density at radius 3 is 2.94 bits per heavy atom. The van der Waals surface area contributed by atoms with E-state index in [1.807, 2.05) is 24.2 Å². The van der Waals surface area contributed by atoms with E-state index in [2.05, 4.69) is 45.8 Å². The number of aromatic nitrogens is 4. The van der Waals surface area contributed by atoms with Crippen LogP contribution in [0.4, 0.5) is 0 Å². The van der Waals surface area contributed by atoms with E-state index in [1.165, 1.54) is 54.0 Å². The van der Waals surface area contributed by atoms with Gasteiger partial charge in [-0.2, -0.15) is 0 Å². The molecule has 0 saturated heterocycles. The summed E-state index contributed by atoms with van der Waals surface area (Å²) in [6.07, 6.45) is 9.12. The van der Waals surface area contributed by atoms with E-state index < -0.39 is 0 Å². The fourth-order valence-electron chi connectivity index (χ4n) is 4.98. The summed E-state index contributed by atoms with van der Waals surface area (Å²) in [5.41, 5.74) is 7.91. The van der Waals surface area contributed by atoms with Gasteiger partial charge in [0.05, 0.1) is 16.5 Å². The van der Waals surface area contributed by atoms with E-state index >= 15 is 0 Å². The Bertz CT molecular complexity index is 1200. The predicted octanol–water partition coefficient (Wildman–Crippen LogP) is 6.06. The van der Waals surface area contributed by atoms with Gasteiger partial charge in [-0.15, -0.1) is 10.2 Å². The Morgan fingerprint density at radius 2 is 2.06 bits per heavy atom. The zero-order valence-electron chi connectivity index (χ0n) is 17.6. The van der Waals surface area contributed by atoms with Crippen LogP contribution in [0, 0.1) is 0 Å². The van der Waals surface area contributed by atoms with Gasteiger partial charge < -0.3 is 0 Å². The lowest BCUT2D eigenvalue weighted by molar-refractivity contribution is 0.692. The van der Waals surface area contributed by atoms with Crippen molar-refractivity contribution in [3.8, 4) is 0 Å². The van der Waals surface area contributed by atoms with E-state index in [0.717, 1.165) is 23.0 Å². The molecule has 6 rings (SSSR count). The normalized spacial score (nSPS) is 21.9. The van der Waals surface area contributed by atoms with Crippen LogP contribution in [0.2, 0.25) is 0 Å². The van der Waals surface area contributed by atoms with E-state index in [4.69, 9.17) is 9.98 Å². The molecule has 7 heteroatoms. The van der Waals surface area contributed by atoms with Gasteiger partial charge in [-0.3, -0.25) is 9.39 Å². The van der Waals surface area contributed by atoms with Crippen molar-refractivity contribution in [2.75, 3.05) is 0 Å². The number of thioether (sulfide) groups is 2. The number of dihydropyridines is 1. The Labute approximate surface area is 190 Å². The maximum atomic E-state index is 5.25. The van der Waals surface area contributed by atoms with Gasteiger partial charge in [0, 0.05) is 11.5 Å². The highest BCUT2D eigenvalue weighted by molar-refractivity contribution is 8.00. The smallest absolute Gasteiger partial charge is 0.197 e. The molecule has 2 aromatic heterocycles. The Balaban J connectivity index is 1.33. The third-order valence-corrected chi connectivity index (χ3v) is 8.74. The van der Waals surface area contributed by atoms with Gasteiger partial charge in [0.1, 0.15) is 11.7 Å². The second-order valence-corrected chi connectivity index (χ2v) is 10.5. The van der Waals surface area contributed by atoms with E-state index in [-0.39, 0.29) is 5.37 Å². The summed E-state index contributed by atoms with van der Waals surface area (Å²) in [7, 11) is 0. The first-order valence-corrected chi connectivity index (χ1v) is 13.1. The van der Waals surface area contributed by atoms with Crippen molar-refractivity contribution in [2.45, 2.75) is 72.5 Å². The molecule has 0 radical (unpaired) electrons. The SMILES string of the molecule is CCCCC1=N[C@H]2Sc3c(ncn4c(SCc5ccccc5)nnc34)[C@@H]2C2=C1CCC2. The van der Waals surface area contributed by atoms with E-state index in [1.54, 1.807) is 22.9 Å². The van der Waals surface area contributed by atoms with Crippen LogP contribution in [-0.2, 0) is 5.75 Å². The van der Waals surface area contributed by atoms with Crippen molar-refractivity contribution in [1.29, 1.82) is 0 Å². The molecule has 31 heavy (non-hydrogen) atoms. The fourth-order valence-corrected chi connectivity index (χ4v) is 7.23. The number of unbranched alkanes of at least 4 members (excludes halogenated alkanes) is 1. The standard InChI is InChI=1S/C24H25N5S2/c1-2-3-12-18-16-10-7-11-17(16)19-20-21(31-23(19)26-18)22-27-28-24(29(22)14-25-20)30-13-15-8-5-4-6-9-15/h4-6,8-9,14,19,23H,2-3,7,10-13H2,1H3/t19-,23-/m0/s1. The monoisotopic (exact) mass is 447 g/mol. The number of benzene rings is 1. The van der Waals surface area contributed by atoms with Crippen LogP contribution in [0.25, 0.3) is 5.65 Å². The lowest BCUT2D eigenvalue weighted by Gasteiger charge is -2.26. The van der Waals surface area contributed by atoms with Crippen LogP contribution < -0.4 is 0 Å². The zero-order chi connectivity index (χ0) is 20.8. The third kappa shape index (κ3) is 3.33.